The van der Waals surface area contributed by atoms with E-state index in [-0.39, 0.29) is 0 Å². The van der Waals surface area contributed by atoms with E-state index >= 15 is 0 Å². The first-order chi connectivity index (χ1) is 10.2. The number of piperidine rings is 1. The Morgan fingerprint density at radius 2 is 1.52 bits per heavy atom. The van der Waals surface area contributed by atoms with Gasteiger partial charge in [0.2, 0.25) is 0 Å². The fourth-order valence-corrected chi connectivity index (χ4v) is 4.20. The van der Waals surface area contributed by atoms with E-state index < -0.39 is 0 Å². The van der Waals surface area contributed by atoms with Crippen molar-refractivity contribution < 1.29 is 4.74 Å². The zero-order valence-corrected chi connectivity index (χ0v) is 14.5. The molecule has 3 heteroatoms. The van der Waals surface area contributed by atoms with Crippen LogP contribution in [0.4, 0.5) is 0 Å². The van der Waals surface area contributed by atoms with Crippen LogP contribution in [0.2, 0.25) is 0 Å². The Morgan fingerprint density at radius 3 is 2.05 bits per heavy atom. The van der Waals surface area contributed by atoms with Gasteiger partial charge in [0.1, 0.15) is 0 Å². The Balaban J connectivity index is 1.89. The molecule has 3 nitrogen and oxygen atoms in total. The number of rotatable bonds is 7. The van der Waals surface area contributed by atoms with Gasteiger partial charge in [0, 0.05) is 26.3 Å². The second kappa shape index (κ2) is 7.94. The molecule has 0 aliphatic carbocycles. The monoisotopic (exact) mass is 296 g/mol. The minimum absolute atomic E-state index is 0.451. The minimum atomic E-state index is 0.451. The van der Waals surface area contributed by atoms with Crippen molar-refractivity contribution in [1.82, 2.24) is 10.2 Å². The zero-order chi connectivity index (χ0) is 15.2. The molecule has 0 aromatic rings. The number of likely N-dealkylation sites (tertiary alicyclic amines) is 1. The van der Waals surface area contributed by atoms with E-state index in [1.54, 1.807) is 0 Å². The van der Waals surface area contributed by atoms with Gasteiger partial charge in [-0.1, -0.05) is 33.6 Å². The molecule has 0 unspecified atom stereocenters. The van der Waals surface area contributed by atoms with E-state index in [0.717, 1.165) is 26.3 Å². The Labute approximate surface area is 131 Å². The summed E-state index contributed by atoms with van der Waals surface area (Å²) in [6.07, 6.45) is 7.95. The number of hydrogen-bond donors (Lipinski definition) is 1. The molecule has 2 aliphatic heterocycles. The zero-order valence-electron chi connectivity index (χ0n) is 14.5. The SMILES string of the molecule is CCNCC1(CN2CCC(CC)(CC)CC2)CCOCC1. The van der Waals surface area contributed by atoms with E-state index in [4.69, 9.17) is 4.74 Å². The van der Waals surface area contributed by atoms with Crippen molar-refractivity contribution in [1.29, 1.82) is 0 Å². The van der Waals surface area contributed by atoms with Gasteiger partial charge in [-0.2, -0.15) is 0 Å². The summed E-state index contributed by atoms with van der Waals surface area (Å²) in [6, 6.07) is 0. The van der Waals surface area contributed by atoms with Crippen LogP contribution in [0.25, 0.3) is 0 Å². The van der Waals surface area contributed by atoms with Gasteiger partial charge in [-0.05, 0) is 56.1 Å². The van der Waals surface area contributed by atoms with Crippen molar-refractivity contribution in [3.05, 3.63) is 0 Å². The molecular formula is C18H36N2O. The highest BCUT2D eigenvalue weighted by molar-refractivity contribution is 4.90. The second-order valence-electron chi connectivity index (χ2n) is 7.38. The molecule has 2 rings (SSSR count). The Morgan fingerprint density at radius 1 is 0.905 bits per heavy atom. The lowest BCUT2D eigenvalue weighted by atomic mass is 9.73. The van der Waals surface area contributed by atoms with Crippen molar-refractivity contribution in [3.8, 4) is 0 Å². The maximum absolute atomic E-state index is 5.62. The fraction of sp³-hybridized carbons (Fsp3) is 1.00. The molecule has 0 saturated carbocycles. The summed E-state index contributed by atoms with van der Waals surface area (Å²) < 4.78 is 5.62. The van der Waals surface area contributed by atoms with Gasteiger partial charge < -0.3 is 15.0 Å². The first-order valence-electron chi connectivity index (χ1n) is 9.18. The van der Waals surface area contributed by atoms with Crippen molar-refractivity contribution in [2.24, 2.45) is 10.8 Å². The molecule has 2 heterocycles. The molecular weight excluding hydrogens is 260 g/mol. The average Bonchev–Trinajstić information content (AvgIpc) is 2.55. The lowest BCUT2D eigenvalue weighted by molar-refractivity contribution is -0.0166. The smallest absolute Gasteiger partial charge is 0.0472 e. The van der Waals surface area contributed by atoms with Crippen LogP contribution in [0.1, 0.15) is 59.3 Å². The first kappa shape index (κ1) is 17.2. The average molecular weight is 296 g/mol. The van der Waals surface area contributed by atoms with Crippen LogP contribution >= 0.6 is 0 Å². The third-order valence-electron chi connectivity index (χ3n) is 6.28. The van der Waals surface area contributed by atoms with Crippen LogP contribution in [-0.4, -0.2) is 50.8 Å². The molecule has 0 bridgehead atoms. The van der Waals surface area contributed by atoms with E-state index in [2.05, 4.69) is 31.0 Å². The molecule has 1 N–H and O–H groups in total. The van der Waals surface area contributed by atoms with Gasteiger partial charge in [-0.25, -0.2) is 0 Å². The van der Waals surface area contributed by atoms with E-state index in [9.17, 15) is 0 Å². The van der Waals surface area contributed by atoms with Crippen molar-refractivity contribution >= 4 is 0 Å². The molecule has 2 fully saturated rings. The van der Waals surface area contributed by atoms with Crippen LogP contribution in [0.15, 0.2) is 0 Å². The van der Waals surface area contributed by atoms with Crippen LogP contribution in [-0.2, 0) is 4.74 Å². The van der Waals surface area contributed by atoms with Crippen molar-refractivity contribution in [2.45, 2.75) is 59.3 Å². The van der Waals surface area contributed by atoms with Crippen LogP contribution < -0.4 is 5.32 Å². The number of nitrogens with one attached hydrogen (secondary N) is 1. The van der Waals surface area contributed by atoms with Gasteiger partial charge in [-0.3, -0.25) is 0 Å². The van der Waals surface area contributed by atoms with Gasteiger partial charge in [0.25, 0.3) is 0 Å². The highest BCUT2D eigenvalue weighted by atomic mass is 16.5. The molecule has 0 aromatic carbocycles. The Hall–Kier alpha value is -0.120. The first-order valence-corrected chi connectivity index (χ1v) is 9.18. The molecule has 0 aromatic heterocycles. The quantitative estimate of drug-likeness (QED) is 0.780. The van der Waals surface area contributed by atoms with Crippen molar-refractivity contribution in [2.75, 3.05) is 45.9 Å². The Kier molecular flexibility index (Phi) is 6.51. The largest absolute Gasteiger partial charge is 0.381 e. The summed E-state index contributed by atoms with van der Waals surface area (Å²) in [7, 11) is 0. The Bertz CT molecular complexity index is 286. The van der Waals surface area contributed by atoms with Gasteiger partial charge in [-0.15, -0.1) is 0 Å². The lowest BCUT2D eigenvalue weighted by Gasteiger charge is -2.46. The fourth-order valence-electron chi connectivity index (χ4n) is 4.20. The summed E-state index contributed by atoms with van der Waals surface area (Å²) in [5.74, 6) is 0. The summed E-state index contributed by atoms with van der Waals surface area (Å²) in [5, 5.41) is 3.60. The number of nitrogens with zero attached hydrogens (tertiary/aromatic N) is 1. The van der Waals surface area contributed by atoms with Gasteiger partial charge >= 0.3 is 0 Å². The summed E-state index contributed by atoms with van der Waals surface area (Å²) in [4.78, 5) is 2.74. The van der Waals surface area contributed by atoms with E-state index in [1.807, 2.05) is 0 Å². The van der Waals surface area contributed by atoms with Gasteiger partial charge in [0.05, 0.1) is 0 Å². The molecule has 2 saturated heterocycles. The lowest BCUT2D eigenvalue weighted by Crippen LogP contribution is -2.50. The third kappa shape index (κ3) is 4.43. The topological polar surface area (TPSA) is 24.5 Å². The van der Waals surface area contributed by atoms with Gasteiger partial charge in [0.15, 0.2) is 0 Å². The maximum Gasteiger partial charge on any atom is 0.0472 e. The highest BCUT2D eigenvalue weighted by Gasteiger charge is 2.37. The molecule has 21 heavy (non-hydrogen) atoms. The highest BCUT2D eigenvalue weighted by Crippen LogP contribution is 2.39. The summed E-state index contributed by atoms with van der Waals surface area (Å²) in [5.41, 5.74) is 1.09. The standard InChI is InChI=1S/C18H36N2O/c1-4-17(5-2)7-11-20(12-8-17)16-18(15-19-6-3)9-13-21-14-10-18/h19H,4-16H2,1-3H3. The number of ether oxygens (including phenoxy) is 1. The second-order valence-corrected chi connectivity index (χ2v) is 7.38. The van der Waals surface area contributed by atoms with E-state index in [0.29, 0.717) is 10.8 Å². The summed E-state index contributed by atoms with van der Waals surface area (Å²) >= 11 is 0. The third-order valence-corrected chi connectivity index (χ3v) is 6.28. The van der Waals surface area contributed by atoms with Crippen LogP contribution in [0.3, 0.4) is 0 Å². The minimum Gasteiger partial charge on any atom is -0.381 e. The normalized spacial score (nSPS) is 25.9. The maximum atomic E-state index is 5.62. The molecule has 2 aliphatic rings. The molecule has 124 valence electrons. The predicted octanol–water partition coefficient (Wildman–Crippen LogP) is 3.29. The van der Waals surface area contributed by atoms with Crippen LogP contribution in [0.5, 0.6) is 0 Å². The molecule has 0 spiro atoms. The molecule has 0 atom stereocenters. The predicted molar refractivity (Wildman–Crippen MR) is 89.7 cm³/mol. The number of hydrogen-bond acceptors (Lipinski definition) is 3. The van der Waals surface area contributed by atoms with Crippen molar-refractivity contribution in [3.63, 3.8) is 0 Å². The molecule has 0 amide bonds. The van der Waals surface area contributed by atoms with Crippen LogP contribution in [0, 0.1) is 10.8 Å². The molecule has 0 radical (unpaired) electrons. The summed E-state index contributed by atoms with van der Waals surface area (Å²) in [6.45, 7) is 15.0. The van der Waals surface area contributed by atoms with E-state index in [1.165, 1.54) is 58.2 Å².